The molecule has 0 N–H and O–H groups in total. The largest absolute Gasteiger partial charge is 2.00 e. The zero-order chi connectivity index (χ0) is 33.7. The molecule has 4 aromatic carbocycles. The molecule has 5 aromatic rings. The second-order valence-corrected chi connectivity index (χ2v) is 13.6. The zero-order valence-corrected chi connectivity index (χ0v) is 33.1. The van der Waals surface area contributed by atoms with Crippen LogP contribution in [0, 0.1) is 6.92 Å². The second-order valence-electron chi connectivity index (χ2n) is 13.6. The van der Waals surface area contributed by atoms with Crippen LogP contribution in [0.25, 0.3) is 0 Å². The summed E-state index contributed by atoms with van der Waals surface area (Å²) in [5, 5.41) is 0. The van der Waals surface area contributed by atoms with Crippen molar-refractivity contribution in [1.82, 2.24) is 9.97 Å². The van der Waals surface area contributed by atoms with E-state index < -0.39 is 0 Å². The van der Waals surface area contributed by atoms with Crippen molar-refractivity contribution >= 4 is 22.8 Å². The Bertz CT molecular complexity index is 1710. The number of halogens is 2. The minimum absolute atomic E-state index is 0. The summed E-state index contributed by atoms with van der Waals surface area (Å²) in [6.45, 7) is 19.9. The molecule has 5 rings (SSSR count). The molecular weight excluding hydrogens is 699 g/mol. The maximum absolute atomic E-state index is 5.50. The Morgan fingerprint density at radius 3 is 1.22 bits per heavy atom. The number of aryl methyl sites for hydroxylation is 1. The first-order chi connectivity index (χ1) is 22.5. The van der Waals surface area contributed by atoms with Gasteiger partial charge in [0.25, 0.3) is 0 Å². The second kappa shape index (κ2) is 19.1. The van der Waals surface area contributed by atoms with Gasteiger partial charge in [0.2, 0.25) is 0 Å². The van der Waals surface area contributed by atoms with Gasteiger partial charge in [0.05, 0.1) is 22.8 Å². The van der Waals surface area contributed by atoms with Crippen LogP contribution in [0.2, 0.25) is 0 Å². The van der Waals surface area contributed by atoms with E-state index in [9.17, 15) is 0 Å². The van der Waals surface area contributed by atoms with Gasteiger partial charge >= 0.3 is 17.1 Å². The predicted octanol–water partition coefficient (Wildman–Crippen LogP) is 5.62. The molecule has 0 aliphatic heterocycles. The minimum Gasteiger partial charge on any atom is -1.00 e. The summed E-state index contributed by atoms with van der Waals surface area (Å²) in [7, 11) is 0. The Hall–Kier alpha value is -3.60. The zero-order valence-electron chi connectivity index (χ0n) is 30.5. The van der Waals surface area contributed by atoms with Crippen molar-refractivity contribution < 1.29 is 41.9 Å². The maximum atomic E-state index is 5.50. The molecule has 0 fully saturated rings. The normalized spacial score (nSPS) is 11.8. The summed E-state index contributed by atoms with van der Waals surface area (Å²) in [6, 6.07) is 35.8. The van der Waals surface area contributed by atoms with E-state index in [2.05, 4.69) is 128 Å². The van der Waals surface area contributed by atoms with E-state index in [1.54, 1.807) is 0 Å². The van der Waals surface area contributed by atoms with Crippen LogP contribution in [-0.4, -0.2) is 21.4 Å². The molecule has 1 heterocycles. The van der Waals surface area contributed by atoms with Gasteiger partial charge in [-0.05, 0) is 58.9 Å². The van der Waals surface area contributed by atoms with E-state index in [0.717, 1.165) is 45.3 Å². The molecule has 0 bridgehead atoms. The number of benzene rings is 4. The minimum atomic E-state index is 0. The van der Waals surface area contributed by atoms with Gasteiger partial charge in [-0.15, -0.1) is 0 Å². The van der Waals surface area contributed by atoms with E-state index in [1.165, 1.54) is 22.3 Å². The van der Waals surface area contributed by atoms with Crippen molar-refractivity contribution in [2.24, 2.45) is 9.98 Å². The van der Waals surface area contributed by atoms with Gasteiger partial charge in [-0.3, -0.25) is 0 Å². The maximum Gasteiger partial charge on any atom is 2.00 e. The number of aliphatic imine (C=N–C) groups is 2. The van der Waals surface area contributed by atoms with Crippen LogP contribution in [0.5, 0.6) is 0 Å². The molecule has 0 saturated heterocycles. The standard InChI is InChI=1S/C43H48N4.2ClH.Fe/c1-27(2)34-22-16-23-35(28(3)4)41(34)46-39(32-18-12-10-13-19-32)38-26-31(9)44-43(45-38)40(33-20-14-11-15-21-33)47-42-36(29(5)6)24-17-25-37(42)30(7)8;;;/h10-30H,1-9H3;2*1H;/q;;;+2/p-2. The van der Waals surface area contributed by atoms with Crippen LogP contribution < -0.4 is 24.8 Å². The molecular formula is C43H48Cl2FeN4. The number of para-hydroxylation sites is 2. The van der Waals surface area contributed by atoms with Crippen molar-refractivity contribution in [3.8, 4) is 0 Å². The first kappa shape index (κ1) is 42.6. The molecule has 0 spiro atoms. The molecule has 0 aliphatic rings. The Morgan fingerprint density at radius 1 is 0.480 bits per heavy atom. The van der Waals surface area contributed by atoms with Gasteiger partial charge in [-0.25, -0.2) is 20.0 Å². The fraction of sp³-hybridized carbons (Fsp3) is 0.302. The molecule has 4 nitrogen and oxygen atoms in total. The molecule has 0 atom stereocenters. The number of hydrogen-bond donors (Lipinski definition) is 0. The van der Waals surface area contributed by atoms with Gasteiger partial charge in [0.1, 0.15) is 5.71 Å². The van der Waals surface area contributed by atoms with Gasteiger partial charge in [-0.1, -0.05) is 152 Å². The SMILES string of the molecule is Cc1cc(C(=Nc2c(C(C)C)cccc2C(C)C)c2ccccc2)nc(C(=Nc2c(C(C)C)cccc2C(C)C)c2ccccc2)n1.[Cl-].[Cl-].[Fe+2]. The summed E-state index contributed by atoms with van der Waals surface area (Å²) in [5.41, 5.74) is 12.1. The third kappa shape index (κ3) is 9.80. The number of rotatable bonds is 10. The topological polar surface area (TPSA) is 50.5 Å². The number of aromatic nitrogens is 2. The van der Waals surface area contributed by atoms with Gasteiger partial charge in [0.15, 0.2) is 5.82 Å². The Labute approximate surface area is 322 Å². The molecule has 0 unspecified atom stereocenters. The smallest absolute Gasteiger partial charge is 1.00 e. The fourth-order valence-corrected chi connectivity index (χ4v) is 6.01. The van der Waals surface area contributed by atoms with Crippen LogP contribution in [0.4, 0.5) is 11.4 Å². The third-order valence-electron chi connectivity index (χ3n) is 8.54. The Balaban J connectivity index is 0.00000289. The Kier molecular flexibility index (Phi) is 16.3. The summed E-state index contributed by atoms with van der Waals surface area (Å²) < 4.78 is 0. The number of nitrogens with zero attached hydrogens (tertiary/aromatic N) is 4. The van der Waals surface area contributed by atoms with Crippen LogP contribution in [0.3, 0.4) is 0 Å². The molecule has 0 amide bonds. The monoisotopic (exact) mass is 746 g/mol. The van der Waals surface area contributed by atoms with Crippen molar-refractivity contribution in [2.45, 2.75) is 86.0 Å². The molecule has 50 heavy (non-hydrogen) atoms. The molecule has 7 heteroatoms. The molecule has 0 saturated carbocycles. The molecule has 262 valence electrons. The first-order valence-electron chi connectivity index (χ1n) is 16.9. The van der Waals surface area contributed by atoms with Gasteiger partial charge in [-0.2, -0.15) is 0 Å². The first-order valence-corrected chi connectivity index (χ1v) is 16.9. The van der Waals surface area contributed by atoms with Crippen LogP contribution in [-0.2, 0) is 17.1 Å². The van der Waals surface area contributed by atoms with Crippen molar-refractivity contribution in [1.29, 1.82) is 0 Å². The van der Waals surface area contributed by atoms with E-state index in [-0.39, 0.29) is 41.9 Å². The van der Waals surface area contributed by atoms with Crippen LogP contribution in [0.15, 0.2) is 113 Å². The molecule has 1 aromatic heterocycles. The predicted molar refractivity (Wildman–Crippen MR) is 199 cm³/mol. The summed E-state index contributed by atoms with van der Waals surface area (Å²) in [4.78, 5) is 21.3. The van der Waals surface area contributed by atoms with E-state index >= 15 is 0 Å². The average Bonchev–Trinajstić information content (AvgIpc) is 3.06. The fourth-order valence-electron chi connectivity index (χ4n) is 6.01. The molecule has 0 aliphatic carbocycles. The Morgan fingerprint density at radius 2 is 0.840 bits per heavy atom. The van der Waals surface area contributed by atoms with Gasteiger partial charge in [0, 0.05) is 16.8 Å². The third-order valence-corrected chi connectivity index (χ3v) is 8.54. The van der Waals surface area contributed by atoms with E-state index in [4.69, 9.17) is 20.0 Å². The number of hydrogen-bond acceptors (Lipinski definition) is 4. The summed E-state index contributed by atoms with van der Waals surface area (Å²) >= 11 is 0. The average molecular weight is 748 g/mol. The van der Waals surface area contributed by atoms with Crippen LogP contribution >= 0.6 is 0 Å². The van der Waals surface area contributed by atoms with E-state index in [1.807, 2.05) is 37.3 Å². The van der Waals surface area contributed by atoms with Crippen molar-refractivity contribution in [3.05, 3.63) is 154 Å². The summed E-state index contributed by atoms with van der Waals surface area (Å²) in [6.07, 6.45) is 0. The quantitative estimate of drug-likeness (QED) is 0.138. The van der Waals surface area contributed by atoms with E-state index in [0.29, 0.717) is 29.5 Å². The molecule has 0 radical (unpaired) electrons. The summed E-state index contributed by atoms with van der Waals surface area (Å²) in [5.74, 6) is 1.85. The van der Waals surface area contributed by atoms with Gasteiger partial charge < -0.3 is 24.8 Å². The van der Waals surface area contributed by atoms with Crippen molar-refractivity contribution in [2.75, 3.05) is 0 Å². The van der Waals surface area contributed by atoms with Crippen molar-refractivity contribution in [3.63, 3.8) is 0 Å². The van der Waals surface area contributed by atoms with Crippen LogP contribution in [0.1, 0.15) is 130 Å².